The number of nitrogens with zero attached hydrogens (tertiary/aromatic N) is 1. The molecule has 0 spiro atoms. The first-order chi connectivity index (χ1) is 15.2. The molecule has 164 valence electrons. The van der Waals surface area contributed by atoms with Crippen LogP contribution in [0.3, 0.4) is 0 Å². The average molecular weight is 491 g/mol. The number of halogens is 1. The van der Waals surface area contributed by atoms with Crippen LogP contribution in [-0.4, -0.2) is 17.4 Å². The van der Waals surface area contributed by atoms with Gasteiger partial charge in [-0.3, -0.25) is 14.5 Å². The molecule has 3 rings (SSSR count). The minimum absolute atomic E-state index is 0.245. The van der Waals surface area contributed by atoms with Gasteiger partial charge in [0.25, 0.3) is 5.91 Å². The predicted molar refractivity (Wildman–Crippen MR) is 134 cm³/mol. The quantitative estimate of drug-likeness (QED) is 0.421. The van der Waals surface area contributed by atoms with Crippen LogP contribution in [0.15, 0.2) is 95.5 Å². The zero-order valence-electron chi connectivity index (χ0n) is 18.5. The van der Waals surface area contributed by atoms with Gasteiger partial charge in [0, 0.05) is 21.8 Å². The number of para-hydroxylation sites is 1. The Hall–Kier alpha value is -3.18. The first-order valence-corrected chi connectivity index (χ1v) is 11.2. The van der Waals surface area contributed by atoms with E-state index >= 15 is 0 Å². The fourth-order valence-corrected chi connectivity index (χ4v) is 3.57. The molecule has 0 heterocycles. The van der Waals surface area contributed by atoms with Crippen LogP contribution in [0, 0.1) is 0 Å². The molecule has 1 atom stereocenters. The van der Waals surface area contributed by atoms with Crippen LogP contribution < -0.4 is 10.2 Å². The highest BCUT2D eigenvalue weighted by molar-refractivity contribution is 9.10. The number of hydrogen-bond donors (Lipinski definition) is 1. The Labute approximate surface area is 198 Å². The van der Waals surface area contributed by atoms with Crippen molar-refractivity contribution in [1.29, 1.82) is 0 Å². The second-order valence-electron chi connectivity index (χ2n) is 8.48. The number of amides is 2. The lowest BCUT2D eigenvalue weighted by atomic mass is 10.0. The van der Waals surface area contributed by atoms with Crippen LogP contribution in [-0.2, 0) is 9.59 Å². The molecule has 0 aliphatic carbocycles. The van der Waals surface area contributed by atoms with Crippen molar-refractivity contribution < 1.29 is 9.59 Å². The number of rotatable bonds is 6. The molecule has 0 aliphatic rings. The van der Waals surface area contributed by atoms with E-state index in [4.69, 9.17) is 0 Å². The van der Waals surface area contributed by atoms with Crippen molar-refractivity contribution in [3.63, 3.8) is 0 Å². The van der Waals surface area contributed by atoms with E-state index < -0.39 is 11.6 Å². The van der Waals surface area contributed by atoms with Crippen molar-refractivity contribution in [2.45, 2.75) is 32.4 Å². The zero-order valence-corrected chi connectivity index (χ0v) is 20.0. The highest BCUT2D eigenvalue weighted by Crippen LogP contribution is 2.30. The van der Waals surface area contributed by atoms with Gasteiger partial charge < -0.3 is 5.32 Å². The van der Waals surface area contributed by atoms with E-state index in [2.05, 4.69) is 21.2 Å². The lowest BCUT2D eigenvalue weighted by Gasteiger charge is -2.33. The second-order valence-corrected chi connectivity index (χ2v) is 9.40. The van der Waals surface area contributed by atoms with Crippen molar-refractivity contribution in [3.05, 3.63) is 107 Å². The Morgan fingerprint density at radius 2 is 1.44 bits per heavy atom. The van der Waals surface area contributed by atoms with E-state index in [1.165, 1.54) is 6.08 Å². The summed E-state index contributed by atoms with van der Waals surface area (Å²) in [4.78, 5) is 28.6. The fraction of sp³-hybridized carbons (Fsp3) is 0.185. The zero-order chi connectivity index (χ0) is 23.1. The molecule has 0 fully saturated rings. The van der Waals surface area contributed by atoms with Gasteiger partial charge >= 0.3 is 0 Å². The Balaban J connectivity index is 2.08. The van der Waals surface area contributed by atoms with E-state index in [9.17, 15) is 9.59 Å². The maximum atomic E-state index is 13.5. The van der Waals surface area contributed by atoms with Crippen LogP contribution >= 0.6 is 15.9 Å². The van der Waals surface area contributed by atoms with Crippen molar-refractivity contribution in [2.24, 2.45) is 0 Å². The van der Waals surface area contributed by atoms with Gasteiger partial charge in [0.1, 0.15) is 6.04 Å². The van der Waals surface area contributed by atoms with Crippen molar-refractivity contribution in [3.8, 4) is 0 Å². The monoisotopic (exact) mass is 490 g/mol. The van der Waals surface area contributed by atoms with Gasteiger partial charge in [0.2, 0.25) is 5.91 Å². The fourth-order valence-electron chi connectivity index (χ4n) is 3.30. The van der Waals surface area contributed by atoms with Gasteiger partial charge in [-0.25, -0.2) is 0 Å². The van der Waals surface area contributed by atoms with E-state index in [0.717, 1.165) is 15.6 Å². The highest BCUT2D eigenvalue weighted by Gasteiger charge is 2.33. The maximum Gasteiger partial charge on any atom is 0.252 e. The van der Waals surface area contributed by atoms with Gasteiger partial charge in [0.15, 0.2) is 0 Å². The standard InChI is InChI=1S/C27H27BrN2O2/c1-27(2,3)29-26(32)25(21-15-17-22(28)18-16-21)30(23-12-8-5-9-13-23)24(31)19-14-20-10-6-4-7-11-20/h4-19,25H,1-3H3,(H,29,32)/b19-14+. The predicted octanol–water partition coefficient (Wildman–Crippen LogP) is 6.15. The topological polar surface area (TPSA) is 49.4 Å². The summed E-state index contributed by atoms with van der Waals surface area (Å²) < 4.78 is 0.901. The average Bonchev–Trinajstić information content (AvgIpc) is 2.76. The minimum Gasteiger partial charge on any atom is -0.349 e. The summed E-state index contributed by atoms with van der Waals surface area (Å²) in [6, 6.07) is 25.5. The van der Waals surface area contributed by atoms with Gasteiger partial charge in [-0.2, -0.15) is 0 Å². The lowest BCUT2D eigenvalue weighted by Crippen LogP contribution is -2.49. The van der Waals surface area contributed by atoms with E-state index in [1.54, 1.807) is 11.0 Å². The van der Waals surface area contributed by atoms with E-state index in [-0.39, 0.29) is 11.8 Å². The van der Waals surface area contributed by atoms with Crippen LogP contribution in [0.5, 0.6) is 0 Å². The van der Waals surface area contributed by atoms with Gasteiger partial charge in [-0.05, 0) is 62.2 Å². The maximum absolute atomic E-state index is 13.5. The van der Waals surface area contributed by atoms with Crippen LogP contribution in [0.2, 0.25) is 0 Å². The molecule has 1 unspecified atom stereocenters. The Bertz CT molecular complexity index is 1070. The summed E-state index contributed by atoms with van der Waals surface area (Å²) >= 11 is 3.45. The molecule has 3 aromatic rings. The number of anilines is 1. The van der Waals surface area contributed by atoms with Gasteiger partial charge in [-0.15, -0.1) is 0 Å². The molecule has 32 heavy (non-hydrogen) atoms. The SMILES string of the molecule is CC(C)(C)NC(=O)C(c1ccc(Br)cc1)N(C(=O)/C=C/c1ccccc1)c1ccccc1. The largest absolute Gasteiger partial charge is 0.349 e. The molecule has 0 aromatic heterocycles. The Morgan fingerprint density at radius 3 is 2.00 bits per heavy atom. The summed E-state index contributed by atoms with van der Waals surface area (Å²) in [7, 11) is 0. The minimum atomic E-state index is -0.836. The van der Waals surface area contributed by atoms with Crippen molar-refractivity contribution in [1.82, 2.24) is 5.32 Å². The normalized spacial score (nSPS) is 12.4. The summed E-state index contributed by atoms with van der Waals surface area (Å²) in [6.45, 7) is 5.77. The molecular formula is C27H27BrN2O2. The summed E-state index contributed by atoms with van der Waals surface area (Å²) in [6.07, 6.45) is 3.27. The molecule has 4 nitrogen and oxygen atoms in total. The van der Waals surface area contributed by atoms with E-state index in [0.29, 0.717) is 5.69 Å². The molecular weight excluding hydrogens is 464 g/mol. The first-order valence-electron chi connectivity index (χ1n) is 10.4. The van der Waals surface area contributed by atoms with Crippen LogP contribution in [0.4, 0.5) is 5.69 Å². The van der Waals surface area contributed by atoms with E-state index in [1.807, 2.05) is 106 Å². The first kappa shape index (κ1) is 23.5. The molecule has 0 saturated carbocycles. The summed E-state index contributed by atoms with van der Waals surface area (Å²) in [5.74, 6) is -0.526. The molecule has 0 bridgehead atoms. The Morgan fingerprint density at radius 1 is 0.875 bits per heavy atom. The van der Waals surface area contributed by atoms with Gasteiger partial charge in [0.05, 0.1) is 0 Å². The molecule has 0 radical (unpaired) electrons. The number of carbonyl (C=O) groups is 2. The summed E-state index contributed by atoms with van der Waals surface area (Å²) in [5, 5.41) is 3.04. The van der Waals surface area contributed by atoms with Crippen molar-refractivity contribution >= 4 is 39.5 Å². The summed E-state index contributed by atoms with van der Waals surface area (Å²) in [5.41, 5.74) is 1.83. The second kappa shape index (κ2) is 10.4. The molecule has 0 aliphatic heterocycles. The third kappa shape index (κ3) is 6.41. The number of benzene rings is 3. The third-order valence-electron chi connectivity index (χ3n) is 4.68. The molecule has 5 heteroatoms. The molecule has 0 saturated heterocycles. The van der Waals surface area contributed by atoms with Crippen molar-refractivity contribution in [2.75, 3.05) is 4.90 Å². The third-order valence-corrected chi connectivity index (χ3v) is 5.21. The van der Waals surface area contributed by atoms with Gasteiger partial charge in [-0.1, -0.05) is 76.6 Å². The molecule has 2 amide bonds. The smallest absolute Gasteiger partial charge is 0.252 e. The number of hydrogen-bond acceptors (Lipinski definition) is 2. The number of nitrogens with one attached hydrogen (secondary N) is 1. The number of carbonyl (C=O) groups excluding carboxylic acids is 2. The Kier molecular flexibility index (Phi) is 7.65. The molecule has 1 N–H and O–H groups in total. The van der Waals surface area contributed by atoms with Crippen LogP contribution in [0.25, 0.3) is 6.08 Å². The van der Waals surface area contributed by atoms with Crippen LogP contribution in [0.1, 0.15) is 37.9 Å². The lowest BCUT2D eigenvalue weighted by molar-refractivity contribution is -0.126. The molecule has 3 aromatic carbocycles. The highest BCUT2D eigenvalue weighted by atomic mass is 79.9.